The smallest absolute Gasteiger partial charge is 0.131 e. The fourth-order valence-corrected chi connectivity index (χ4v) is 1.58. The molecule has 20 heavy (non-hydrogen) atoms. The van der Waals surface area contributed by atoms with Crippen LogP contribution in [0.15, 0.2) is 29.4 Å². The Morgan fingerprint density at radius 3 is 2.55 bits per heavy atom. The highest BCUT2D eigenvalue weighted by Crippen LogP contribution is 2.12. The Balaban J connectivity index is 2.40. The van der Waals surface area contributed by atoms with E-state index in [1.165, 1.54) is 5.56 Å². The SMILES string of the molecule is COCCc1ccc(OC/C(CNC(C)C)=N\O)cc1. The number of hydrogen-bond donors (Lipinski definition) is 2. The quantitative estimate of drug-likeness (QED) is 0.413. The highest BCUT2D eigenvalue weighted by molar-refractivity contribution is 5.87. The van der Waals surface area contributed by atoms with E-state index in [2.05, 4.69) is 10.5 Å². The van der Waals surface area contributed by atoms with Gasteiger partial charge in [-0.05, 0) is 24.1 Å². The van der Waals surface area contributed by atoms with Crippen LogP contribution in [0.3, 0.4) is 0 Å². The Morgan fingerprint density at radius 1 is 1.30 bits per heavy atom. The number of nitrogens with zero attached hydrogens (tertiary/aromatic N) is 1. The zero-order chi connectivity index (χ0) is 14.8. The molecule has 0 amide bonds. The number of hydrogen-bond acceptors (Lipinski definition) is 5. The zero-order valence-electron chi connectivity index (χ0n) is 12.4. The molecule has 0 aliphatic rings. The first kappa shape index (κ1) is 16.5. The van der Waals surface area contributed by atoms with Gasteiger partial charge in [-0.3, -0.25) is 0 Å². The van der Waals surface area contributed by atoms with Gasteiger partial charge in [0.25, 0.3) is 0 Å². The van der Waals surface area contributed by atoms with E-state index in [-0.39, 0.29) is 6.61 Å². The van der Waals surface area contributed by atoms with Gasteiger partial charge in [0.2, 0.25) is 0 Å². The van der Waals surface area contributed by atoms with Gasteiger partial charge in [0.05, 0.1) is 6.61 Å². The number of methoxy groups -OCH3 is 1. The molecule has 0 heterocycles. The molecule has 1 aromatic carbocycles. The molecule has 0 bridgehead atoms. The summed E-state index contributed by atoms with van der Waals surface area (Å²) in [5.74, 6) is 0.761. The molecule has 0 aromatic heterocycles. The summed E-state index contributed by atoms with van der Waals surface area (Å²) in [4.78, 5) is 0. The maximum atomic E-state index is 8.91. The number of oxime groups is 1. The molecule has 5 heteroatoms. The molecule has 2 N–H and O–H groups in total. The average molecular weight is 280 g/mol. The van der Waals surface area contributed by atoms with Crippen LogP contribution in [0.5, 0.6) is 5.75 Å². The van der Waals surface area contributed by atoms with Gasteiger partial charge in [0, 0.05) is 19.7 Å². The molecule has 112 valence electrons. The first-order chi connectivity index (χ1) is 9.65. The van der Waals surface area contributed by atoms with Gasteiger partial charge in [-0.15, -0.1) is 0 Å². The minimum Gasteiger partial charge on any atom is -0.487 e. The van der Waals surface area contributed by atoms with Crippen molar-refractivity contribution in [3.63, 3.8) is 0 Å². The molecule has 1 rings (SSSR count). The van der Waals surface area contributed by atoms with E-state index in [4.69, 9.17) is 14.7 Å². The monoisotopic (exact) mass is 280 g/mol. The number of rotatable bonds is 9. The Labute approximate surface area is 120 Å². The van der Waals surface area contributed by atoms with E-state index in [1.54, 1.807) is 7.11 Å². The molecule has 0 radical (unpaired) electrons. The molecule has 0 aliphatic carbocycles. The molecule has 0 fully saturated rings. The second-order valence-corrected chi connectivity index (χ2v) is 4.88. The van der Waals surface area contributed by atoms with Crippen LogP contribution in [0.4, 0.5) is 0 Å². The van der Waals surface area contributed by atoms with Gasteiger partial charge in [0.15, 0.2) is 0 Å². The van der Waals surface area contributed by atoms with Crippen molar-refractivity contribution >= 4 is 5.71 Å². The lowest BCUT2D eigenvalue weighted by Crippen LogP contribution is -2.32. The molecule has 0 spiro atoms. The summed E-state index contributed by atoms with van der Waals surface area (Å²) in [5, 5.41) is 15.3. The van der Waals surface area contributed by atoms with Crippen molar-refractivity contribution in [2.75, 3.05) is 26.9 Å². The first-order valence-corrected chi connectivity index (χ1v) is 6.79. The second-order valence-electron chi connectivity index (χ2n) is 4.88. The Kier molecular flexibility index (Phi) is 7.69. The molecule has 0 aliphatic heterocycles. The van der Waals surface area contributed by atoms with Crippen molar-refractivity contribution in [2.24, 2.45) is 5.16 Å². The van der Waals surface area contributed by atoms with Crippen molar-refractivity contribution < 1.29 is 14.7 Å². The fraction of sp³-hybridized carbons (Fsp3) is 0.533. The van der Waals surface area contributed by atoms with Crippen LogP contribution in [0.2, 0.25) is 0 Å². The van der Waals surface area contributed by atoms with Crippen LogP contribution in [0, 0.1) is 0 Å². The van der Waals surface area contributed by atoms with Crippen molar-refractivity contribution in [2.45, 2.75) is 26.3 Å². The van der Waals surface area contributed by atoms with Crippen LogP contribution < -0.4 is 10.1 Å². The van der Waals surface area contributed by atoms with Crippen LogP contribution in [0.25, 0.3) is 0 Å². The maximum Gasteiger partial charge on any atom is 0.131 e. The van der Waals surface area contributed by atoms with Gasteiger partial charge in [-0.2, -0.15) is 0 Å². The van der Waals surface area contributed by atoms with Crippen molar-refractivity contribution in [3.05, 3.63) is 29.8 Å². The van der Waals surface area contributed by atoms with Crippen molar-refractivity contribution in [1.29, 1.82) is 0 Å². The highest BCUT2D eigenvalue weighted by Gasteiger charge is 2.03. The van der Waals surface area contributed by atoms with Crippen LogP contribution in [-0.2, 0) is 11.2 Å². The highest BCUT2D eigenvalue weighted by atomic mass is 16.5. The summed E-state index contributed by atoms with van der Waals surface area (Å²) in [6.07, 6.45) is 0.887. The largest absolute Gasteiger partial charge is 0.487 e. The Bertz CT molecular complexity index is 402. The van der Waals surface area contributed by atoms with Crippen LogP contribution in [0.1, 0.15) is 19.4 Å². The Hall–Kier alpha value is -1.59. The molecule has 1 aromatic rings. The zero-order valence-corrected chi connectivity index (χ0v) is 12.4. The standard InChI is InChI=1S/C15H24N2O3/c1-12(2)16-10-14(17-18)11-20-15-6-4-13(5-7-15)8-9-19-3/h4-7,12,16,18H,8-11H2,1-3H3/b17-14-. The minimum absolute atomic E-state index is 0.271. The van der Waals surface area contributed by atoms with Gasteiger partial charge in [-0.1, -0.05) is 31.1 Å². The molecule has 0 atom stereocenters. The van der Waals surface area contributed by atoms with E-state index < -0.39 is 0 Å². The number of ether oxygens (including phenoxy) is 2. The van der Waals surface area contributed by atoms with E-state index >= 15 is 0 Å². The third kappa shape index (κ3) is 6.54. The lowest BCUT2D eigenvalue weighted by molar-refractivity contribution is 0.202. The normalized spacial score (nSPS) is 11.9. The van der Waals surface area contributed by atoms with E-state index in [1.807, 2.05) is 38.1 Å². The molecule has 0 saturated carbocycles. The summed E-state index contributed by atoms with van der Waals surface area (Å²) in [6, 6.07) is 8.19. The van der Waals surface area contributed by atoms with Gasteiger partial charge < -0.3 is 20.0 Å². The van der Waals surface area contributed by atoms with E-state index in [0.29, 0.717) is 24.9 Å². The summed E-state index contributed by atoms with van der Waals surface area (Å²) in [5.41, 5.74) is 1.78. The summed E-state index contributed by atoms with van der Waals surface area (Å²) in [7, 11) is 1.69. The molecular formula is C15H24N2O3. The molecule has 5 nitrogen and oxygen atoms in total. The minimum atomic E-state index is 0.271. The lowest BCUT2D eigenvalue weighted by Gasteiger charge is -2.11. The molecule has 0 saturated heterocycles. The molecule has 0 unspecified atom stereocenters. The molecular weight excluding hydrogens is 256 g/mol. The predicted octanol–water partition coefficient (Wildman–Crippen LogP) is 2.08. The number of nitrogens with one attached hydrogen (secondary N) is 1. The summed E-state index contributed by atoms with van der Waals surface area (Å²) < 4.78 is 10.6. The number of benzene rings is 1. The van der Waals surface area contributed by atoms with E-state index in [0.717, 1.165) is 12.2 Å². The maximum absolute atomic E-state index is 8.91. The van der Waals surface area contributed by atoms with Crippen molar-refractivity contribution in [1.82, 2.24) is 5.32 Å². The van der Waals surface area contributed by atoms with Crippen LogP contribution >= 0.6 is 0 Å². The first-order valence-electron chi connectivity index (χ1n) is 6.79. The van der Waals surface area contributed by atoms with Gasteiger partial charge >= 0.3 is 0 Å². The van der Waals surface area contributed by atoms with Gasteiger partial charge in [-0.25, -0.2) is 0 Å². The topological polar surface area (TPSA) is 63.1 Å². The average Bonchev–Trinajstić information content (AvgIpc) is 2.46. The van der Waals surface area contributed by atoms with E-state index in [9.17, 15) is 0 Å². The van der Waals surface area contributed by atoms with Crippen molar-refractivity contribution in [3.8, 4) is 5.75 Å². The van der Waals surface area contributed by atoms with Gasteiger partial charge in [0.1, 0.15) is 18.1 Å². The Morgan fingerprint density at radius 2 is 2.00 bits per heavy atom. The van der Waals surface area contributed by atoms with Crippen LogP contribution in [-0.4, -0.2) is 43.8 Å². The predicted molar refractivity (Wildman–Crippen MR) is 79.9 cm³/mol. The third-order valence-corrected chi connectivity index (χ3v) is 2.78. The summed E-state index contributed by atoms with van der Waals surface area (Å²) in [6.45, 7) is 5.57. The second kappa shape index (κ2) is 9.34. The fourth-order valence-electron chi connectivity index (χ4n) is 1.58. The lowest BCUT2D eigenvalue weighted by atomic mass is 10.1. The summed E-state index contributed by atoms with van der Waals surface area (Å²) >= 11 is 0. The third-order valence-electron chi connectivity index (χ3n) is 2.78.